The number of rotatable bonds is 8. The van der Waals surface area contributed by atoms with Gasteiger partial charge in [0.15, 0.2) is 11.5 Å². The fourth-order valence-electron chi connectivity index (χ4n) is 1.31. The first-order chi connectivity index (χ1) is 9.40. The van der Waals surface area contributed by atoms with Crippen LogP contribution in [0.15, 0.2) is 12.1 Å². The number of aliphatic carboxylic acids is 2. The van der Waals surface area contributed by atoms with Crippen LogP contribution in [0.2, 0.25) is 0 Å². The Bertz CT molecular complexity index is 458. The van der Waals surface area contributed by atoms with Crippen LogP contribution < -0.4 is 20.9 Å². The number of nitrogens with two attached hydrogens (primary N) is 2. The Morgan fingerprint density at radius 3 is 1.55 bits per heavy atom. The SMILES string of the molecule is Nc1cc(OCCC(=O)O)c(OCCC(=O)O)cc1N. The van der Waals surface area contributed by atoms with Crippen LogP contribution in [0.3, 0.4) is 0 Å². The summed E-state index contributed by atoms with van der Waals surface area (Å²) >= 11 is 0. The predicted molar refractivity (Wildman–Crippen MR) is 70.8 cm³/mol. The maximum absolute atomic E-state index is 10.4. The van der Waals surface area contributed by atoms with Crippen molar-refractivity contribution in [1.82, 2.24) is 0 Å². The van der Waals surface area contributed by atoms with Gasteiger partial charge < -0.3 is 31.2 Å². The molecule has 8 heteroatoms. The number of carboxylic acid groups (broad SMARTS) is 2. The van der Waals surface area contributed by atoms with Gasteiger partial charge >= 0.3 is 11.9 Å². The van der Waals surface area contributed by atoms with Crippen LogP contribution >= 0.6 is 0 Å². The third-order valence-electron chi connectivity index (χ3n) is 2.30. The van der Waals surface area contributed by atoms with Gasteiger partial charge in [0.25, 0.3) is 0 Å². The van der Waals surface area contributed by atoms with Crippen molar-refractivity contribution in [2.24, 2.45) is 0 Å². The second-order valence-electron chi connectivity index (χ2n) is 3.91. The van der Waals surface area contributed by atoms with Gasteiger partial charge in [-0.3, -0.25) is 9.59 Å². The lowest BCUT2D eigenvalue weighted by Crippen LogP contribution is -2.09. The molecule has 20 heavy (non-hydrogen) atoms. The van der Waals surface area contributed by atoms with Crippen molar-refractivity contribution in [1.29, 1.82) is 0 Å². The van der Waals surface area contributed by atoms with Gasteiger partial charge in [-0.25, -0.2) is 0 Å². The quantitative estimate of drug-likeness (QED) is 0.506. The van der Waals surface area contributed by atoms with Crippen LogP contribution in [0, 0.1) is 0 Å². The Morgan fingerprint density at radius 1 is 0.900 bits per heavy atom. The van der Waals surface area contributed by atoms with Crippen molar-refractivity contribution < 1.29 is 29.3 Å². The van der Waals surface area contributed by atoms with Gasteiger partial charge in [0, 0.05) is 12.1 Å². The van der Waals surface area contributed by atoms with Crippen LogP contribution in [0.1, 0.15) is 12.8 Å². The third kappa shape index (κ3) is 4.92. The highest BCUT2D eigenvalue weighted by atomic mass is 16.5. The zero-order chi connectivity index (χ0) is 15.1. The van der Waals surface area contributed by atoms with E-state index in [2.05, 4.69) is 0 Å². The van der Waals surface area contributed by atoms with Crippen LogP contribution in [0.4, 0.5) is 11.4 Å². The van der Waals surface area contributed by atoms with E-state index in [9.17, 15) is 9.59 Å². The van der Waals surface area contributed by atoms with Crippen molar-refractivity contribution in [2.45, 2.75) is 12.8 Å². The molecule has 0 spiro atoms. The van der Waals surface area contributed by atoms with Crippen molar-refractivity contribution in [3.05, 3.63) is 12.1 Å². The van der Waals surface area contributed by atoms with E-state index in [1.54, 1.807) is 0 Å². The standard InChI is InChI=1S/C12H16N2O6/c13-7-5-9(19-3-1-11(15)16)10(6-8(7)14)20-4-2-12(17)18/h5-6H,1-4,13-14H2,(H,15,16)(H,17,18). The topological polar surface area (TPSA) is 145 Å². The Hall–Kier alpha value is -2.64. The Labute approximate surface area is 114 Å². The highest BCUT2D eigenvalue weighted by molar-refractivity contribution is 5.70. The number of carbonyl (C=O) groups is 2. The second-order valence-corrected chi connectivity index (χ2v) is 3.91. The molecule has 8 nitrogen and oxygen atoms in total. The third-order valence-corrected chi connectivity index (χ3v) is 2.30. The van der Waals surface area contributed by atoms with E-state index in [-0.39, 0.29) is 48.9 Å². The minimum absolute atomic E-state index is 0.0615. The van der Waals surface area contributed by atoms with E-state index in [1.807, 2.05) is 0 Å². The first-order valence-corrected chi connectivity index (χ1v) is 5.78. The molecule has 0 radical (unpaired) electrons. The summed E-state index contributed by atoms with van der Waals surface area (Å²) in [6.45, 7) is -0.123. The molecule has 6 N–H and O–H groups in total. The van der Waals surface area contributed by atoms with Crippen molar-refractivity contribution in [3.63, 3.8) is 0 Å². The van der Waals surface area contributed by atoms with Crippen LogP contribution in [-0.2, 0) is 9.59 Å². The van der Waals surface area contributed by atoms with Gasteiger partial charge in [0.1, 0.15) is 0 Å². The lowest BCUT2D eigenvalue weighted by atomic mass is 10.2. The number of hydrogen-bond donors (Lipinski definition) is 4. The number of ether oxygens (including phenoxy) is 2. The number of hydrogen-bond acceptors (Lipinski definition) is 6. The lowest BCUT2D eigenvalue weighted by Gasteiger charge is -2.14. The Kier molecular flexibility index (Phi) is 5.45. The molecule has 0 atom stereocenters. The highest BCUT2D eigenvalue weighted by Gasteiger charge is 2.11. The van der Waals surface area contributed by atoms with Crippen molar-refractivity contribution >= 4 is 23.3 Å². The first kappa shape index (κ1) is 15.4. The number of benzene rings is 1. The molecule has 0 aliphatic rings. The van der Waals surface area contributed by atoms with Crippen LogP contribution in [0.25, 0.3) is 0 Å². The summed E-state index contributed by atoms with van der Waals surface area (Å²) in [6, 6.07) is 2.82. The molecule has 0 aromatic heterocycles. The van der Waals surface area contributed by atoms with E-state index in [4.69, 9.17) is 31.2 Å². The molecule has 0 saturated carbocycles. The summed E-state index contributed by atoms with van der Waals surface area (Å²) in [6.07, 6.45) is -0.363. The average Bonchev–Trinajstić information content (AvgIpc) is 2.34. The summed E-state index contributed by atoms with van der Waals surface area (Å²) < 4.78 is 10.5. The predicted octanol–water partition coefficient (Wildman–Crippen LogP) is 0.558. The zero-order valence-electron chi connectivity index (χ0n) is 10.7. The molecular formula is C12H16N2O6. The molecule has 1 aromatic carbocycles. The van der Waals surface area contributed by atoms with E-state index >= 15 is 0 Å². The summed E-state index contributed by atoms with van der Waals surface area (Å²) in [4.78, 5) is 20.8. The first-order valence-electron chi connectivity index (χ1n) is 5.78. The minimum Gasteiger partial charge on any atom is -0.489 e. The Balaban J connectivity index is 2.75. The van der Waals surface area contributed by atoms with Gasteiger partial charge in [-0.2, -0.15) is 0 Å². The molecule has 0 fully saturated rings. The van der Waals surface area contributed by atoms with E-state index in [0.717, 1.165) is 0 Å². The van der Waals surface area contributed by atoms with Gasteiger partial charge in [-0.1, -0.05) is 0 Å². The molecule has 1 rings (SSSR count). The zero-order valence-corrected chi connectivity index (χ0v) is 10.7. The van der Waals surface area contributed by atoms with Gasteiger partial charge in [-0.15, -0.1) is 0 Å². The lowest BCUT2D eigenvalue weighted by molar-refractivity contribution is -0.138. The summed E-state index contributed by atoms with van der Waals surface area (Å²) in [7, 11) is 0. The molecule has 110 valence electrons. The molecular weight excluding hydrogens is 268 g/mol. The number of carboxylic acids is 2. The van der Waals surface area contributed by atoms with Gasteiger partial charge in [-0.05, 0) is 0 Å². The molecule has 0 heterocycles. The molecule has 0 aliphatic heterocycles. The van der Waals surface area contributed by atoms with E-state index in [0.29, 0.717) is 0 Å². The Morgan fingerprint density at radius 2 is 1.25 bits per heavy atom. The maximum Gasteiger partial charge on any atom is 0.306 e. The van der Waals surface area contributed by atoms with Crippen molar-refractivity contribution in [2.75, 3.05) is 24.7 Å². The number of nitrogen functional groups attached to an aromatic ring is 2. The van der Waals surface area contributed by atoms with Gasteiger partial charge in [0.05, 0.1) is 37.4 Å². The molecule has 0 unspecified atom stereocenters. The molecule has 1 aromatic rings. The summed E-state index contributed by atoms with van der Waals surface area (Å²) in [5, 5.41) is 17.1. The largest absolute Gasteiger partial charge is 0.489 e. The van der Waals surface area contributed by atoms with Crippen LogP contribution in [0.5, 0.6) is 11.5 Å². The normalized spacial score (nSPS) is 10.0. The minimum atomic E-state index is -0.998. The monoisotopic (exact) mass is 284 g/mol. The molecule has 0 saturated heterocycles. The summed E-state index contributed by atoms with van der Waals surface area (Å²) in [5.41, 5.74) is 11.8. The molecule has 0 bridgehead atoms. The molecule has 0 amide bonds. The average molecular weight is 284 g/mol. The fourth-order valence-corrected chi connectivity index (χ4v) is 1.31. The summed E-state index contributed by atoms with van der Waals surface area (Å²) in [5.74, 6) is -1.55. The number of anilines is 2. The maximum atomic E-state index is 10.4. The van der Waals surface area contributed by atoms with E-state index < -0.39 is 11.9 Å². The van der Waals surface area contributed by atoms with Crippen LogP contribution in [-0.4, -0.2) is 35.4 Å². The molecule has 0 aliphatic carbocycles. The van der Waals surface area contributed by atoms with Gasteiger partial charge in [0.2, 0.25) is 0 Å². The van der Waals surface area contributed by atoms with E-state index in [1.165, 1.54) is 12.1 Å². The smallest absolute Gasteiger partial charge is 0.306 e. The second kappa shape index (κ2) is 7.07. The van der Waals surface area contributed by atoms with Crippen molar-refractivity contribution in [3.8, 4) is 11.5 Å². The fraction of sp³-hybridized carbons (Fsp3) is 0.333. The highest BCUT2D eigenvalue weighted by Crippen LogP contribution is 2.34.